The van der Waals surface area contributed by atoms with Crippen LogP contribution < -0.4 is 5.90 Å². The average Bonchev–Trinajstić information content (AvgIpc) is 2.44. The minimum Gasteiger partial charge on any atom is -0.461 e. The summed E-state index contributed by atoms with van der Waals surface area (Å²) in [5.74, 6) is 5.90. The normalized spacial score (nSPS) is 10.9. The van der Waals surface area contributed by atoms with Crippen molar-refractivity contribution in [1.82, 2.24) is 0 Å². The molecule has 3 nitrogen and oxygen atoms in total. The van der Waals surface area contributed by atoms with Crippen LogP contribution in [0.15, 0.2) is 28.7 Å². The molecule has 0 radical (unpaired) electrons. The maximum Gasteiger partial charge on any atom is 0.134 e. The number of fused-ring (bicyclic) bond motifs is 1. The lowest BCUT2D eigenvalue weighted by molar-refractivity contribution is 0.124. The van der Waals surface area contributed by atoms with Crippen molar-refractivity contribution in [2.45, 2.75) is 13.5 Å². The first kappa shape index (κ1) is 8.29. The molecule has 2 N–H and O–H groups in total. The third kappa shape index (κ3) is 1.56. The van der Waals surface area contributed by atoms with E-state index in [0.717, 1.165) is 22.3 Å². The highest BCUT2D eigenvalue weighted by Gasteiger charge is 2.00. The minimum atomic E-state index is 0.412. The zero-order chi connectivity index (χ0) is 9.26. The molecule has 0 amide bonds. The molecule has 68 valence electrons. The second kappa shape index (κ2) is 3.20. The lowest BCUT2D eigenvalue weighted by atomic mass is 10.2. The Balaban J connectivity index is 2.48. The molecule has 0 atom stereocenters. The van der Waals surface area contributed by atoms with Gasteiger partial charge in [-0.2, -0.15) is 0 Å². The van der Waals surface area contributed by atoms with Gasteiger partial charge < -0.3 is 4.42 Å². The van der Waals surface area contributed by atoms with Crippen molar-refractivity contribution in [3.63, 3.8) is 0 Å². The van der Waals surface area contributed by atoms with Crippen molar-refractivity contribution < 1.29 is 9.25 Å². The van der Waals surface area contributed by atoms with Crippen LogP contribution in [0.5, 0.6) is 0 Å². The molecule has 1 heterocycles. The van der Waals surface area contributed by atoms with Crippen LogP contribution in [0.2, 0.25) is 0 Å². The fourth-order valence-electron chi connectivity index (χ4n) is 1.39. The molecule has 0 aliphatic heterocycles. The first-order valence-corrected chi connectivity index (χ1v) is 4.10. The van der Waals surface area contributed by atoms with E-state index in [0.29, 0.717) is 6.61 Å². The second-order valence-corrected chi connectivity index (χ2v) is 3.04. The van der Waals surface area contributed by atoms with Gasteiger partial charge in [-0.15, -0.1) is 0 Å². The smallest absolute Gasteiger partial charge is 0.134 e. The van der Waals surface area contributed by atoms with Crippen LogP contribution in [0.25, 0.3) is 11.0 Å². The molecule has 0 bridgehead atoms. The zero-order valence-corrected chi connectivity index (χ0v) is 7.41. The summed E-state index contributed by atoms with van der Waals surface area (Å²) in [5, 5.41) is 1.11. The van der Waals surface area contributed by atoms with Crippen LogP contribution in [-0.4, -0.2) is 0 Å². The van der Waals surface area contributed by atoms with Gasteiger partial charge in [0.1, 0.15) is 11.3 Å². The van der Waals surface area contributed by atoms with Gasteiger partial charge in [0.15, 0.2) is 0 Å². The largest absolute Gasteiger partial charge is 0.461 e. The Morgan fingerprint density at radius 3 is 3.00 bits per heavy atom. The van der Waals surface area contributed by atoms with Crippen LogP contribution in [0.3, 0.4) is 0 Å². The Morgan fingerprint density at radius 2 is 2.23 bits per heavy atom. The zero-order valence-electron chi connectivity index (χ0n) is 7.41. The van der Waals surface area contributed by atoms with Crippen molar-refractivity contribution in [2.24, 2.45) is 5.90 Å². The van der Waals surface area contributed by atoms with Gasteiger partial charge in [0.05, 0.1) is 6.61 Å². The number of benzene rings is 1. The molecule has 0 fully saturated rings. The SMILES string of the molecule is Cc1cc2ccc(CON)cc2o1. The van der Waals surface area contributed by atoms with Gasteiger partial charge in [-0.05, 0) is 24.6 Å². The van der Waals surface area contributed by atoms with E-state index >= 15 is 0 Å². The summed E-state index contributed by atoms with van der Waals surface area (Å²) in [6.07, 6.45) is 0. The molecule has 13 heavy (non-hydrogen) atoms. The van der Waals surface area contributed by atoms with E-state index in [1.807, 2.05) is 31.2 Å². The third-order valence-electron chi connectivity index (χ3n) is 1.96. The number of hydrogen-bond donors (Lipinski definition) is 1. The molecular formula is C10H11NO2. The van der Waals surface area contributed by atoms with E-state index in [1.165, 1.54) is 0 Å². The summed E-state index contributed by atoms with van der Waals surface area (Å²) < 4.78 is 5.46. The fourth-order valence-corrected chi connectivity index (χ4v) is 1.39. The standard InChI is InChI=1S/C10H11NO2/c1-7-4-9-3-2-8(6-12-11)5-10(9)13-7/h2-5H,6,11H2,1H3. The average molecular weight is 177 g/mol. The van der Waals surface area contributed by atoms with Crippen LogP contribution in [0.4, 0.5) is 0 Å². The number of nitrogens with two attached hydrogens (primary N) is 1. The predicted octanol–water partition coefficient (Wildman–Crippen LogP) is 2.13. The Bertz CT molecular complexity index is 420. The Hall–Kier alpha value is -1.32. The molecule has 1 aromatic carbocycles. The van der Waals surface area contributed by atoms with E-state index in [-0.39, 0.29) is 0 Å². The van der Waals surface area contributed by atoms with Crippen LogP contribution >= 0.6 is 0 Å². The summed E-state index contributed by atoms with van der Waals surface area (Å²) in [6, 6.07) is 7.92. The van der Waals surface area contributed by atoms with Gasteiger partial charge in [-0.1, -0.05) is 12.1 Å². The fraction of sp³-hybridized carbons (Fsp3) is 0.200. The van der Waals surface area contributed by atoms with Crippen molar-refractivity contribution in [3.05, 3.63) is 35.6 Å². The molecule has 1 aromatic heterocycles. The van der Waals surface area contributed by atoms with E-state index < -0.39 is 0 Å². The van der Waals surface area contributed by atoms with Gasteiger partial charge in [0, 0.05) is 5.39 Å². The molecule has 0 aliphatic rings. The Labute approximate surface area is 76.0 Å². The highest BCUT2D eigenvalue weighted by molar-refractivity contribution is 5.78. The van der Waals surface area contributed by atoms with E-state index in [1.54, 1.807) is 0 Å². The number of aryl methyl sites for hydroxylation is 1. The molecule has 0 aliphatic carbocycles. The molecule has 0 saturated heterocycles. The van der Waals surface area contributed by atoms with Crippen LogP contribution in [0, 0.1) is 6.92 Å². The summed E-state index contributed by atoms with van der Waals surface area (Å²) in [4.78, 5) is 4.54. The van der Waals surface area contributed by atoms with Gasteiger partial charge in [-0.3, -0.25) is 4.84 Å². The summed E-state index contributed by atoms with van der Waals surface area (Å²) >= 11 is 0. The molecule has 0 spiro atoms. The third-order valence-corrected chi connectivity index (χ3v) is 1.96. The molecule has 0 unspecified atom stereocenters. The quantitative estimate of drug-likeness (QED) is 0.715. The van der Waals surface area contributed by atoms with E-state index in [4.69, 9.17) is 10.3 Å². The van der Waals surface area contributed by atoms with Crippen LogP contribution in [0.1, 0.15) is 11.3 Å². The molecule has 2 aromatic rings. The van der Waals surface area contributed by atoms with Crippen molar-refractivity contribution in [1.29, 1.82) is 0 Å². The van der Waals surface area contributed by atoms with Gasteiger partial charge in [0.25, 0.3) is 0 Å². The maximum absolute atomic E-state index is 5.46. The van der Waals surface area contributed by atoms with E-state index in [9.17, 15) is 0 Å². The van der Waals surface area contributed by atoms with Gasteiger partial charge >= 0.3 is 0 Å². The second-order valence-electron chi connectivity index (χ2n) is 3.04. The van der Waals surface area contributed by atoms with Gasteiger partial charge in [0.2, 0.25) is 0 Å². The minimum absolute atomic E-state index is 0.412. The Morgan fingerprint density at radius 1 is 1.38 bits per heavy atom. The lowest BCUT2D eigenvalue weighted by Gasteiger charge is -1.97. The first-order chi connectivity index (χ1) is 6.29. The van der Waals surface area contributed by atoms with Gasteiger partial charge in [-0.25, -0.2) is 5.90 Å². The highest BCUT2D eigenvalue weighted by atomic mass is 16.6. The van der Waals surface area contributed by atoms with Crippen molar-refractivity contribution >= 4 is 11.0 Å². The first-order valence-electron chi connectivity index (χ1n) is 4.10. The van der Waals surface area contributed by atoms with Crippen molar-refractivity contribution in [2.75, 3.05) is 0 Å². The Kier molecular flexibility index (Phi) is 2.04. The van der Waals surface area contributed by atoms with Crippen LogP contribution in [-0.2, 0) is 11.4 Å². The predicted molar refractivity (Wildman–Crippen MR) is 49.9 cm³/mol. The lowest BCUT2D eigenvalue weighted by Crippen LogP contribution is -1.98. The molecular weight excluding hydrogens is 166 g/mol. The van der Waals surface area contributed by atoms with Crippen molar-refractivity contribution in [3.8, 4) is 0 Å². The summed E-state index contributed by atoms with van der Waals surface area (Å²) in [6.45, 7) is 2.34. The maximum atomic E-state index is 5.46. The van der Waals surface area contributed by atoms with E-state index in [2.05, 4.69) is 4.84 Å². The number of hydrogen-bond acceptors (Lipinski definition) is 3. The number of furan rings is 1. The molecule has 0 saturated carbocycles. The summed E-state index contributed by atoms with van der Waals surface area (Å²) in [5.41, 5.74) is 1.90. The highest BCUT2D eigenvalue weighted by Crippen LogP contribution is 2.20. The summed E-state index contributed by atoms with van der Waals surface area (Å²) in [7, 11) is 0. The monoisotopic (exact) mass is 177 g/mol. The molecule has 3 heteroatoms. The molecule has 2 rings (SSSR count). The number of rotatable bonds is 2. The topological polar surface area (TPSA) is 48.4 Å².